The number of hydrogen-bond donors (Lipinski definition) is 3. The van der Waals surface area contributed by atoms with Crippen molar-refractivity contribution in [2.75, 3.05) is 6.54 Å². The van der Waals surface area contributed by atoms with Gasteiger partial charge in [0.2, 0.25) is 0 Å². The predicted molar refractivity (Wildman–Crippen MR) is 122 cm³/mol. The van der Waals surface area contributed by atoms with Crippen molar-refractivity contribution in [3.8, 4) is 0 Å². The lowest BCUT2D eigenvalue weighted by Gasteiger charge is -2.22. The van der Waals surface area contributed by atoms with Gasteiger partial charge in [-0.3, -0.25) is 9.59 Å². The average molecular weight is 479 g/mol. The molecule has 2 aromatic rings. The van der Waals surface area contributed by atoms with Gasteiger partial charge in [-0.15, -0.1) is 0 Å². The number of rotatable bonds is 7. The zero-order valence-electron chi connectivity index (χ0n) is 17.4. The smallest absolute Gasteiger partial charge is 0.342 e. The molecule has 0 radical (unpaired) electrons. The van der Waals surface area contributed by atoms with Gasteiger partial charge in [0.05, 0.1) is 22.2 Å². The SMILES string of the molecule is C=C(O)CNC(=O)n1cc(CC(=O)c2c(Cl)cccc2Cl)c(C(=O)NC2CCCCC2)n1. The molecule has 3 rings (SSSR count). The molecular weight excluding hydrogens is 455 g/mol. The van der Waals surface area contributed by atoms with Gasteiger partial charge in [0, 0.05) is 24.2 Å². The molecule has 1 fully saturated rings. The van der Waals surface area contributed by atoms with E-state index >= 15 is 0 Å². The van der Waals surface area contributed by atoms with E-state index in [1.165, 1.54) is 6.20 Å². The highest BCUT2D eigenvalue weighted by Gasteiger charge is 2.25. The Morgan fingerprint density at radius 1 is 1.16 bits per heavy atom. The van der Waals surface area contributed by atoms with E-state index in [0.29, 0.717) is 0 Å². The lowest BCUT2D eigenvalue weighted by atomic mass is 9.95. The van der Waals surface area contributed by atoms with Crippen molar-refractivity contribution >= 4 is 40.9 Å². The second-order valence-corrected chi connectivity index (χ2v) is 8.49. The molecule has 8 nitrogen and oxygen atoms in total. The molecule has 0 atom stereocenters. The number of nitrogens with one attached hydrogen (secondary N) is 2. The molecule has 3 N–H and O–H groups in total. The Balaban J connectivity index is 1.87. The number of hydrogen-bond acceptors (Lipinski definition) is 5. The number of aliphatic hydroxyl groups excluding tert-OH is 1. The number of aromatic nitrogens is 2. The van der Waals surface area contributed by atoms with Crippen LogP contribution < -0.4 is 10.6 Å². The van der Waals surface area contributed by atoms with Crippen molar-refractivity contribution in [1.82, 2.24) is 20.4 Å². The summed E-state index contributed by atoms with van der Waals surface area (Å²) < 4.78 is 0.926. The van der Waals surface area contributed by atoms with Crippen molar-refractivity contribution in [2.45, 2.75) is 44.6 Å². The van der Waals surface area contributed by atoms with Crippen LogP contribution in [0, 0.1) is 0 Å². The summed E-state index contributed by atoms with van der Waals surface area (Å²) in [4.78, 5) is 38.3. The van der Waals surface area contributed by atoms with Gasteiger partial charge in [-0.25, -0.2) is 4.79 Å². The van der Waals surface area contributed by atoms with Crippen LogP contribution in [0.1, 0.15) is 58.5 Å². The number of halogens is 2. The molecule has 0 aliphatic heterocycles. The molecule has 2 amide bonds. The van der Waals surface area contributed by atoms with E-state index in [-0.39, 0.29) is 51.6 Å². The monoisotopic (exact) mass is 478 g/mol. The molecule has 0 bridgehead atoms. The van der Waals surface area contributed by atoms with Gasteiger partial charge < -0.3 is 15.7 Å². The quantitative estimate of drug-likeness (QED) is 0.405. The summed E-state index contributed by atoms with van der Waals surface area (Å²) in [6.07, 6.45) is 6.02. The van der Waals surface area contributed by atoms with Gasteiger partial charge in [0.15, 0.2) is 11.5 Å². The van der Waals surface area contributed by atoms with Crippen molar-refractivity contribution < 1.29 is 19.5 Å². The van der Waals surface area contributed by atoms with Crippen LogP contribution in [-0.2, 0) is 6.42 Å². The molecule has 1 saturated carbocycles. The summed E-state index contributed by atoms with van der Waals surface area (Å²) in [6.45, 7) is 3.13. The third-order valence-corrected chi connectivity index (χ3v) is 5.82. The molecule has 1 aromatic carbocycles. The van der Waals surface area contributed by atoms with E-state index in [0.717, 1.165) is 36.8 Å². The van der Waals surface area contributed by atoms with Crippen LogP contribution in [0.4, 0.5) is 4.79 Å². The maximum absolute atomic E-state index is 13.0. The first-order valence-corrected chi connectivity index (χ1v) is 11.0. The lowest BCUT2D eigenvalue weighted by molar-refractivity contribution is 0.0921. The Hall–Kier alpha value is -2.84. The van der Waals surface area contributed by atoms with Gasteiger partial charge in [-0.2, -0.15) is 9.78 Å². The second kappa shape index (κ2) is 10.7. The Bertz CT molecular complexity index is 1020. The first kappa shape index (κ1) is 23.8. The third-order valence-electron chi connectivity index (χ3n) is 5.19. The largest absolute Gasteiger partial charge is 0.511 e. The number of carbonyl (C=O) groups excluding carboxylic acids is 3. The van der Waals surface area contributed by atoms with Gasteiger partial charge in [0.25, 0.3) is 5.91 Å². The molecule has 1 aromatic heterocycles. The minimum absolute atomic E-state index is 0.0227. The number of ketones is 1. The minimum Gasteiger partial charge on any atom is -0.511 e. The maximum Gasteiger partial charge on any atom is 0.342 e. The van der Waals surface area contributed by atoms with Crippen LogP contribution in [0.2, 0.25) is 10.0 Å². The highest BCUT2D eigenvalue weighted by molar-refractivity contribution is 6.39. The van der Waals surface area contributed by atoms with Crippen LogP contribution in [0.25, 0.3) is 0 Å². The Kier molecular flexibility index (Phi) is 7.93. The maximum atomic E-state index is 13.0. The number of amides is 2. The highest BCUT2D eigenvalue weighted by Crippen LogP contribution is 2.26. The standard InChI is InChI=1S/C22H24Cl2N4O4/c1-13(29)11-25-22(32)28-12-14(10-18(30)19-16(23)8-5-9-17(19)24)20(27-28)21(31)26-15-6-3-2-4-7-15/h5,8-9,12,15,29H,1-4,6-7,10-11H2,(H,25,32)(H,26,31). The fourth-order valence-corrected chi connectivity index (χ4v) is 4.23. The van der Waals surface area contributed by atoms with E-state index in [9.17, 15) is 19.5 Å². The normalized spacial score (nSPS) is 14.1. The first-order valence-electron chi connectivity index (χ1n) is 10.3. The summed E-state index contributed by atoms with van der Waals surface area (Å²) in [5.41, 5.74) is 0.380. The van der Waals surface area contributed by atoms with Crippen LogP contribution in [0.5, 0.6) is 0 Å². The fraction of sp³-hybridized carbons (Fsp3) is 0.364. The summed E-state index contributed by atoms with van der Waals surface area (Å²) >= 11 is 12.3. The minimum atomic E-state index is -0.679. The first-order chi connectivity index (χ1) is 15.3. The topological polar surface area (TPSA) is 113 Å². The fourth-order valence-electron chi connectivity index (χ4n) is 3.62. The summed E-state index contributed by atoms with van der Waals surface area (Å²) in [7, 11) is 0. The third kappa shape index (κ3) is 5.89. The van der Waals surface area contributed by atoms with E-state index < -0.39 is 17.7 Å². The van der Waals surface area contributed by atoms with Crippen LogP contribution in [0.3, 0.4) is 0 Å². The molecule has 0 saturated heterocycles. The van der Waals surface area contributed by atoms with Gasteiger partial charge >= 0.3 is 6.03 Å². The zero-order valence-corrected chi connectivity index (χ0v) is 18.9. The van der Waals surface area contributed by atoms with Crippen molar-refractivity contribution in [3.63, 3.8) is 0 Å². The van der Waals surface area contributed by atoms with Gasteiger partial charge in [-0.1, -0.05) is 55.1 Å². The predicted octanol–water partition coefficient (Wildman–Crippen LogP) is 4.31. The van der Waals surface area contributed by atoms with Crippen molar-refractivity contribution in [2.24, 2.45) is 0 Å². The molecular formula is C22H24Cl2N4O4. The van der Waals surface area contributed by atoms with E-state index in [4.69, 9.17) is 23.2 Å². The summed E-state index contributed by atoms with van der Waals surface area (Å²) in [5.74, 6) is -1.09. The lowest BCUT2D eigenvalue weighted by Crippen LogP contribution is -2.37. The highest BCUT2D eigenvalue weighted by atomic mass is 35.5. The van der Waals surface area contributed by atoms with E-state index in [2.05, 4.69) is 22.3 Å². The van der Waals surface area contributed by atoms with Gasteiger partial charge in [-0.05, 0) is 25.0 Å². The summed E-state index contributed by atoms with van der Waals surface area (Å²) in [6, 6.07) is 4.07. The number of carbonyl (C=O) groups is 3. The number of Topliss-reactive ketones (excluding diaryl/α,β-unsaturated/α-hetero) is 1. The van der Waals surface area contributed by atoms with E-state index in [1.54, 1.807) is 18.2 Å². The molecule has 1 heterocycles. The molecule has 32 heavy (non-hydrogen) atoms. The van der Waals surface area contributed by atoms with Crippen molar-refractivity contribution in [1.29, 1.82) is 0 Å². The Morgan fingerprint density at radius 2 is 1.81 bits per heavy atom. The van der Waals surface area contributed by atoms with E-state index in [1.807, 2.05) is 0 Å². The van der Waals surface area contributed by atoms with Crippen LogP contribution in [-0.4, -0.2) is 45.2 Å². The number of aliphatic hydroxyl groups is 1. The van der Waals surface area contributed by atoms with Gasteiger partial charge in [0.1, 0.15) is 5.76 Å². The molecule has 0 spiro atoms. The van der Waals surface area contributed by atoms with Crippen molar-refractivity contribution in [3.05, 3.63) is 63.6 Å². The molecule has 0 unspecified atom stereocenters. The Labute approximate surface area is 195 Å². The van der Waals surface area contributed by atoms with Crippen LogP contribution in [0.15, 0.2) is 36.7 Å². The number of benzene rings is 1. The zero-order chi connectivity index (χ0) is 23.3. The number of nitrogens with zero attached hydrogens (tertiary/aromatic N) is 2. The Morgan fingerprint density at radius 3 is 2.44 bits per heavy atom. The molecule has 1 aliphatic carbocycles. The summed E-state index contributed by atoms with van der Waals surface area (Å²) in [5, 5.41) is 19.1. The second-order valence-electron chi connectivity index (χ2n) is 7.68. The molecule has 170 valence electrons. The average Bonchev–Trinajstić information content (AvgIpc) is 3.16. The molecule has 10 heteroatoms. The molecule has 1 aliphatic rings. The van der Waals surface area contributed by atoms with Crippen LogP contribution >= 0.6 is 23.2 Å².